The molecule has 92 valence electrons. The monoisotopic (exact) mass is 242 g/mol. The van der Waals surface area contributed by atoms with Crippen LogP contribution in [0.15, 0.2) is 48.8 Å². The third-order valence-electron chi connectivity index (χ3n) is 2.53. The number of carbonyl (C=O) groups is 1. The van der Waals surface area contributed by atoms with Crippen molar-refractivity contribution in [2.45, 2.75) is 6.42 Å². The Morgan fingerprint density at radius 3 is 2.89 bits per heavy atom. The molecule has 0 radical (unpaired) electrons. The summed E-state index contributed by atoms with van der Waals surface area (Å²) in [6.07, 6.45) is 3.84. The van der Waals surface area contributed by atoms with Gasteiger partial charge in [-0.2, -0.15) is 0 Å². The molecule has 4 heteroatoms. The third-order valence-corrected chi connectivity index (χ3v) is 2.53. The zero-order chi connectivity index (χ0) is 12.8. The third kappa shape index (κ3) is 3.31. The SMILES string of the molecule is O=C(NCCc1cccc(O)c1)c1cccnc1. The molecule has 2 rings (SSSR count). The highest BCUT2D eigenvalue weighted by atomic mass is 16.3. The van der Waals surface area contributed by atoms with E-state index in [2.05, 4.69) is 10.3 Å². The Morgan fingerprint density at radius 1 is 1.28 bits per heavy atom. The Hall–Kier alpha value is -2.36. The van der Waals surface area contributed by atoms with Crippen molar-refractivity contribution in [3.63, 3.8) is 0 Å². The summed E-state index contributed by atoms with van der Waals surface area (Å²) in [5, 5.41) is 12.1. The van der Waals surface area contributed by atoms with Crippen LogP contribution in [0.3, 0.4) is 0 Å². The molecule has 1 aromatic heterocycles. The molecule has 0 unspecified atom stereocenters. The number of carbonyl (C=O) groups excluding carboxylic acids is 1. The van der Waals surface area contributed by atoms with Crippen molar-refractivity contribution in [1.29, 1.82) is 0 Å². The molecule has 0 bridgehead atoms. The predicted molar refractivity (Wildman–Crippen MR) is 68.4 cm³/mol. The fraction of sp³-hybridized carbons (Fsp3) is 0.143. The van der Waals surface area contributed by atoms with E-state index >= 15 is 0 Å². The first kappa shape index (κ1) is 12.1. The van der Waals surface area contributed by atoms with E-state index in [1.165, 1.54) is 6.20 Å². The van der Waals surface area contributed by atoms with E-state index in [9.17, 15) is 9.90 Å². The van der Waals surface area contributed by atoms with Crippen LogP contribution in [0.2, 0.25) is 0 Å². The zero-order valence-electron chi connectivity index (χ0n) is 9.84. The molecule has 0 saturated heterocycles. The predicted octanol–water partition coefficient (Wildman–Crippen LogP) is 1.76. The van der Waals surface area contributed by atoms with Crippen molar-refractivity contribution in [2.24, 2.45) is 0 Å². The molecular formula is C14H14N2O2. The zero-order valence-corrected chi connectivity index (χ0v) is 9.84. The number of phenols is 1. The average molecular weight is 242 g/mol. The molecule has 0 aliphatic heterocycles. The number of aromatic nitrogens is 1. The Kier molecular flexibility index (Phi) is 3.91. The van der Waals surface area contributed by atoms with Crippen LogP contribution in [0.5, 0.6) is 5.75 Å². The number of pyridine rings is 1. The molecule has 0 aliphatic carbocycles. The van der Waals surface area contributed by atoms with Gasteiger partial charge in [-0.25, -0.2) is 0 Å². The van der Waals surface area contributed by atoms with Crippen LogP contribution < -0.4 is 5.32 Å². The van der Waals surface area contributed by atoms with E-state index in [-0.39, 0.29) is 11.7 Å². The van der Waals surface area contributed by atoms with Gasteiger partial charge in [0, 0.05) is 18.9 Å². The van der Waals surface area contributed by atoms with Crippen LogP contribution in [0.25, 0.3) is 0 Å². The van der Waals surface area contributed by atoms with E-state index in [0.717, 1.165) is 5.56 Å². The number of benzene rings is 1. The van der Waals surface area contributed by atoms with Crippen LogP contribution in [0, 0.1) is 0 Å². The van der Waals surface area contributed by atoms with E-state index in [1.807, 2.05) is 6.07 Å². The van der Waals surface area contributed by atoms with E-state index in [4.69, 9.17) is 0 Å². The minimum Gasteiger partial charge on any atom is -0.508 e. The van der Waals surface area contributed by atoms with Gasteiger partial charge in [0.15, 0.2) is 0 Å². The molecule has 2 aromatic rings. The lowest BCUT2D eigenvalue weighted by molar-refractivity contribution is 0.0954. The van der Waals surface area contributed by atoms with Gasteiger partial charge in [-0.3, -0.25) is 9.78 Å². The average Bonchev–Trinajstić information content (AvgIpc) is 2.40. The van der Waals surface area contributed by atoms with Gasteiger partial charge < -0.3 is 10.4 Å². The van der Waals surface area contributed by atoms with Crippen molar-refractivity contribution in [1.82, 2.24) is 10.3 Å². The van der Waals surface area contributed by atoms with Gasteiger partial charge in [0.05, 0.1) is 5.56 Å². The molecule has 0 atom stereocenters. The second-order valence-corrected chi connectivity index (χ2v) is 3.92. The first-order valence-corrected chi connectivity index (χ1v) is 5.72. The van der Waals surface area contributed by atoms with Crippen molar-refractivity contribution >= 4 is 5.91 Å². The molecule has 1 amide bonds. The van der Waals surface area contributed by atoms with Crippen LogP contribution in [0.1, 0.15) is 15.9 Å². The number of rotatable bonds is 4. The van der Waals surface area contributed by atoms with Crippen molar-refractivity contribution in [3.05, 3.63) is 59.9 Å². The highest BCUT2D eigenvalue weighted by Gasteiger charge is 2.03. The molecule has 1 aromatic carbocycles. The van der Waals surface area contributed by atoms with Crippen LogP contribution in [0.4, 0.5) is 0 Å². The normalized spacial score (nSPS) is 10.0. The molecule has 0 fully saturated rings. The minimum atomic E-state index is -0.136. The maximum atomic E-state index is 11.7. The maximum Gasteiger partial charge on any atom is 0.252 e. The smallest absolute Gasteiger partial charge is 0.252 e. The topological polar surface area (TPSA) is 62.2 Å². The van der Waals surface area contributed by atoms with Gasteiger partial charge in [-0.1, -0.05) is 12.1 Å². The maximum absolute atomic E-state index is 11.7. The Balaban J connectivity index is 1.84. The van der Waals surface area contributed by atoms with E-state index < -0.39 is 0 Å². The summed E-state index contributed by atoms with van der Waals surface area (Å²) >= 11 is 0. The van der Waals surface area contributed by atoms with Gasteiger partial charge in [0.25, 0.3) is 5.91 Å². The summed E-state index contributed by atoms with van der Waals surface area (Å²) in [7, 11) is 0. The molecule has 18 heavy (non-hydrogen) atoms. The Labute approximate surface area is 105 Å². The summed E-state index contributed by atoms with van der Waals surface area (Å²) in [6.45, 7) is 0.525. The van der Waals surface area contributed by atoms with Crippen LogP contribution in [-0.4, -0.2) is 22.5 Å². The number of phenolic OH excluding ortho intramolecular Hbond substituents is 1. The lowest BCUT2D eigenvalue weighted by Gasteiger charge is -2.05. The fourth-order valence-electron chi connectivity index (χ4n) is 1.63. The van der Waals surface area contributed by atoms with Crippen molar-refractivity contribution in [3.8, 4) is 5.75 Å². The Morgan fingerprint density at radius 2 is 2.17 bits per heavy atom. The lowest BCUT2D eigenvalue weighted by atomic mass is 10.1. The number of hydrogen-bond donors (Lipinski definition) is 2. The van der Waals surface area contributed by atoms with Crippen molar-refractivity contribution in [2.75, 3.05) is 6.54 Å². The molecule has 2 N–H and O–H groups in total. The number of hydrogen-bond acceptors (Lipinski definition) is 3. The number of nitrogens with zero attached hydrogens (tertiary/aromatic N) is 1. The lowest BCUT2D eigenvalue weighted by Crippen LogP contribution is -2.25. The van der Waals surface area contributed by atoms with E-state index in [0.29, 0.717) is 18.5 Å². The quantitative estimate of drug-likeness (QED) is 0.858. The van der Waals surface area contributed by atoms with Gasteiger partial charge in [0.1, 0.15) is 5.75 Å². The Bertz CT molecular complexity index is 526. The first-order chi connectivity index (χ1) is 8.75. The molecule has 0 aliphatic rings. The molecule has 1 heterocycles. The molecular weight excluding hydrogens is 228 g/mol. The summed E-state index contributed by atoms with van der Waals surface area (Å²) in [4.78, 5) is 15.6. The molecule has 0 spiro atoms. The largest absolute Gasteiger partial charge is 0.508 e. The second kappa shape index (κ2) is 5.82. The summed E-state index contributed by atoms with van der Waals surface area (Å²) in [5.41, 5.74) is 1.54. The second-order valence-electron chi connectivity index (χ2n) is 3.92. The molecule has 4 nitrogen and oxygen atoms in total. The van der Waals surface area contributed by atoms with Gasteiger partial charge in [-0.15, -0.1) is 0 Å². The first-order valence-electron chi connectivity index (χ1n) is 5.72. The minimum absolute atomic E-state index is 0.136. The summed E-state index contributed by atoms with van der Waals surface area (Å²) in [6, 6.07) is 10.5. The van der Waals surface area contributed by atoms with Crippen LogP contribution >= 0.6 is 0 Å². The summed E-state index contributed by atoms with van der Waals surface area (Å²) < 4.78 is 0. The van der Waals surface area contributed by atoms with Crippen LogP contribution in [-0.2, 0) is 6.42 Å². The molecule has 0 saturated carbocycles. The standard InChI is InChI=1S/C14H14N2O2/c17-13-5-1-3-11(9-13)6-8-16-14(18)12-4-2-7-15-10-12/h1-5,7,9-10,17H,6,8H2,(H,16,18). The number of nitrogens with one attached hydrogen (secondary N) is 1. The highest BCUT2D eigenvalue weighted by Crippen LogP contribution is 2.10. The number of amides is 1. The van der Waals surface area contributed by atoms with Gasteiger partial charge >= 0.3 is 0 Å². The van der Waals surface area contributed by atoms with Gasteiger partial charge in [-0.05, 0) is 36.2 Å². The fourth-order valence-corrected chi connectivity index (χ4v) is 1.63. The summed E-state index contributed by atoms with van der Waals surface area (Å²) in [5.74, 6) is 0.106. The number of aromatic hydroxyl groups is 1. The van der Waals surface area contributed by atoms with Gasteiger partial charge in [0.2, 0.25) is 0 Å². The van der Waals surface area contributed by atoms with Crippen molar-refractivity contribution < 1.29 is 9.90 Å². The highest BCUT2D eigenvalue weighted by molar-refractivity contribution is 5.93. The van der Waals surface area contributed by atoms with E-state index in [1.54, 1.807) is 36.5 Å².